The number of phenolic OH excluding ortho intramolecular Hbond substituents is 1. The molecule has 0 saturated carbocycles. The van der Waals surface area contributed by atoms with Gasteiger partial charge in [0.25, 0.3) is 11.4 Å². The lowest BCUT2D eigenvalue weighted by atomic mass is 9.80. The summed E-state index contributed by atoms with van der Waals surface area (Å²) in [6.45, 7) is 7.31. The van der Waals surface area contributed by atoms with E-state index >= 15 is 0 Å². The Morgan fingerprint density at radius 3 is 2.24 bits per heavy atom. The fourth-order valence-corrected chi connectivity index (χ4v) is 5.04. The first-order chi connectivity index (χ1) is 16.1. The molecule has 2 atom stereocenters. The Labute approximate surface area is 193 Å². The van der Waals surface area contributed by atoms with Crippen LogP contribution in [0.4, 0.5) is 17.1 Å². The van der Waals surface area contributed by atoms with Gasteiger partial charge in [0.15, 0.2) is 0 Å². The molecular weight excluding hydrogens is 446 g/mol. The van der Waals surface area contributed by atoms with Gasteiger partial charge >= 0.3 is 11.4 Å². The van der Waals surface area contributed by atoms with Crippen LogP contribution < -0.4 is 0 Å². The molecule has 1 aromatic heterocycles. The normalized spacial score (nSPS) is 21.3. The number of nitro groups is 3. The molecular formula is C22H23N5O7. The van der Waals surface area contributed by atoms with Crippen LogP contribution in [-0.4, -0.2) is 42.8 Å². The average Bonchev–Trinajstić information content (AvgIpc) is 3.32. The number of fused-ring (bicyclic) bond motifs is 5. The maximum absolute atomic E-state index is 10.4. The lowest BCUT2D eigenvalue weighted by molar-refractivity contribution is -0.404. The Morgan fingerprint density at radius 2 is 1.65 bits per heavy atom. The van der Waals surface area contributed by atoms with Gasteiger partial charge < -0.3 is 10.1 Å². The number of phenols is 1. The molecule has 12 nitrogen and oxygen atoms in total. The molecule has 12 heteroatoms. The van der Waals surface area contributed by atoms with E-state index in [1.807, 2.05) is 0 Å². The number of H-pyrrole nitrogens is 1. The fourth-order valence-electron chi connectivity index (χ4n) is 5.04. The standard InChI is InChI=1S/C16H20N2.C6H3N3O7/c1-11-7-9-18-10-8-13-12-5-3-4-6-14(12)17-15(13)16(11,18)2;10-6-4(8(13)14)1-3(7(11)12)2-5(6)9(15)16/h3-6,11,17H,7-10H2,1-2H3;1-2,10H/t11-,16-;/m1./s1. The van der Waals surface area contributed by atoms with Gasteiger partial charge in [0, 0.05) is 23.1 Å². The maximum Gasteiger partial charge on any atom is 0.324 e. The molecule has 0 aliphatic carbocycles. The Kier molecular flexibility index (Phi) is 5.69. The first-order valence-corrected chi connectivity index (χ1v) is 10.7. The minimum Gasteiger partial charge on any atom is -0.497 e. The van der Waals surface area contributed by atoms with Crippen LogP contribution in [0, 0.1) is 36.3 Å². The zero-order valence-electron chi connectivity index (χ0n) is 18.6. The summed E-state index contributed by atoms with van der Waals surface area (Å²) in [5, 5.41) is 41.7. The third kappa shape index (κ3) is 3.61. The molecule has 178 valence electrons. The molecule has 0 radical (unpaired) electrons. The third-order valence-corrected chi connectivity index (χ3v) is 7.06. The van der Waals surface area contributed by atoms with Crippen molar-refractivity contribution in [1.82, 2.24) is 9.88 Å². The summed E-state index contributed by atoms with van der Waals surface area (Å²) < 4.78 is 0. The number of para-hydroxylation sites is 1. The number of non-ortho nitro benzene ring substituents is 1. The molecule has 2 N–H and O–H groups in total. The number of aromatic amines is 1. The largest absolute Gasteiger partial charge is 0.497 e. The number of hydrogen-bond acceptors (Lipinski definition) is 8. The van der Waals surface area contributed by atoms with Gasteiger partial charge in [-0.2, -0.15) is 0 Å². The lowest BCUT2D eigenvalue weighted by Crippen LogP contribution is -2.46. The molecule has 2 aliphatic heterocycles. The molecule has 1 saturated heterocycles. The molecule has 0 spiro atoms. The Balaban J connectivity index is 0.000000163. The average molecular weight is 469 g/mol. The second-order valence-electron chi connectivity index (χ2n) is 8.70. The van der Waals surface area contributed by atoms with Crippen LogP contribution in [-0.2, 0) is 12.0 Å². The number of nitrogens with one attached hydrogen (secondary N) is 1. The highest BCUT2D eigenvalue weighted by molar-refractivity contribution is 5.85. The quantitative estimate of drug-likeness (QED) is 0.420. The van der Waals surface area contributed by atoms with Crippen LogP contribution >= 0.6 is 0 Å². The van der Waals surface area contributed by atoms with Gasteiger partial charge in [0.05, 0.1) is 32.4 Å². The van der Waals surface area contributed by atoms with Crippen molar-refractivity contribution in [2.75, 3.05) is 13.1 Å². The summed E-state index contributed by atoms with van der Waals surface area (Å²) in [7, 11) is 0. The second kappa shape index (κ2) is 8.37. The van der Waals surface area contributed by atoms with E-state index in [0.717, 1.165) is 5.92 Å². The summed E-state index contributed by atoms with van der Waals surface area (Å²) in [6, 6.07) is 9.65. The molecule has 5 rings (SSSR count). The number of hydrogen-bond donors (Lipinski definition) is 2. The fraction of sp³-hybridized carbons (Fsp3) is 0.364. The van der Waals surface area contributed by atoms with Gasteiger partial charge in [-0.05, 0) is 43.9 Å². The van der Waals surface area contributed by atoms with Crippen molar-refractivity contribution in [2.24, 2.45) is 5.92 Å². The third-order valence-electron chi connectivity index (χ3n) is 7.06. The van der Waals surface area contributed by atoms with Gasteiger partial charge in [-0.1, -0.05) is 25.1 Å². The lowest BCUT2D eigenvalue weighted by Gasteiger charge is -2.42. The van der Waals surface area contributed by atoms with Crippen LogP contribution in [0.3, 0.4) is 0 Å². The first kappa shape index (κ1) is 23.1. The first-order valence-electron chi connectivity index (χ1n) is 10.7. The summed E-state index contributed by atoms with van der Waals surface area (Å²) >= 11 is 0. The smallest absolute Gasteiger partial charge is 0.324 e. The van der Waals surface area contributed by atoms with E-state index in [9.17, 15) is 30.3 Å². The SMILES string of the molecule is C[C@@H]1CCN2CCc3c([nH]c4ccccc34)[C@@]12C.O=[N+]([O-])c1cc([N+](=O)[O-])c(O)c([N+](=O)[O-])c1. The molecule has 2 aliphatic rings. The number of nitro benzene ring substituents is 3. The molecule has 0 amide bonds. The molecule has 0 unspecified atom stereocenters. The number of rotatable bonds is 3. The predicted octanol–water partition coefficient (Wildman–Crippen LogP) is 4.40. The van der Waals surface area contributed by atoms with E-state index in [1.54, 1.807) is 5.56 Å². The number of nitrogens with zero attached hydrogens (tertiary/aromatic N) is 4. The van der Waals surface area contributed by atoms with Gasteiger partial charge in [0.1, 0.15) is 0 Å². The van der Waals surface area contributed by atoms with Crippen LogP contribution in [0.25, 0.3) is 10.9 Å². The van der Waals surface area contributed by atoms with Crippen molar-refractivity contribution in [2.45, 2.75) is 32.2 Å². The minimum atomic E-state index is -1.21. The molecule has 0 bridgehead atoms. The molecule has 1 fully saturated rings. The number of aromatic hydroxyl groups is 1. The van der Waals surface area contributed by atoms with Crippen molar-refractivity contribution >= 4 is 28.0 Å². The van der Waals surface area contributed by atoms with Crippen molar-refractivity contribution < 1.29 is 19.9 Å². The summed E-state index contributed by atoms with van der Waals surface area (Å²) in [6.07, 6.45) is 2.52. The van der Waals surface area contributed by atoms with Crippen molar-refractivity contribution in [1.29, 1.82) is 0 Å². The van der Waals surface area contributed by atoms with Gasteiger partial charge in [-0.3, -0.25) is 35.2 Å². The van der Waals surface area contributed by atoms with Crippen LogP contribution in [0.2, 0.25) is 0 Å². The topological polar surface area (TPSA) is 169 Å². The van der Waals surface area contributed by atoms with Gasteiger partial charge in [-0.25, -0.2) is 0 Å². The Bertz CT molecular complexity index is 1290. The van der Waals surface area contributed by atoms with Crippen molar-refractivity contribution in [3.05, 3.63) is 78.0 Å². The highest BCUT2D eigenvalue weighted by Crippen LogP contribution is 2.48. The van der Waals surface area contributed by atoms with Gasteiger partial charge in [-0.15, -0.1) is 0 Å². The van der Waals surface area contributed by atoms with E-state index in [-0.39, 0.29) is 5.54 Å². The summed E-state index contributed by atoms with van der Waals surface area (Å²) in [5.74, 6) is -0.467. The van der Waals surface area contributed by atoms with E-state index in [2.05, 4.69) is 48.0 Å². The van der Waals surface area contributed by atoms with Crippen molar-refractivity contribution in [3.8, 4) is 5.75 Å². The summed E-state index contributed by atoms with van der Waals surface area (Å²) in [4.78, 5) is 34.2. The van der Waals surface area contributed by atoms with Crippen LogP contribution in [0.15, 0.2) is 36.4 Å². The maximum atomic E-state index is 10.4. The predicted molar refractivity (Wildman–Crippen MR) is 123 cm³/mol. The number of aromatic nitrogens is 1. The Morgan fingerprint density at radius 1 is 1.03 bits per heavy atom. The van der Waals surface area contributed by atoms with E-state index in [0.29, 0.717) is 12.1 Å². The molecule has 3 heterocycles. The van der Waals surface area contributed by atoms with E-state index in [4.69, 9.17) is 5.11 Å². The molecule has 2 aromatic carbocycles. The minimum absolute atomic E-state index is 0.229. The van der Waals surface area contributed by atoms with E-state index in [1.165, 1.54) is 42.5 Å². The summed E-state index contributed by atoms with van der Waals surface area (Å²) in [5.41, 5.74) is 1.59. The van der Waals surface area contributed by atoms with Crippen LogP contribution in [0.1, 0.15) is 31.5 Å². The highest BCUT2D eigenvalue weighted by atomic mass is 16.6. The second-order valence-corrected chi connectivity index (χ2v) is 8.70. The molecule has 34 heavy (non-hydrogen) atoms. The zero-order chi connectivity index (χ0) is 24.8. The highest BCUT2D eigenvalue weighted by Gasteiger charge is 2.48. The van der Waals surface area contributed by atoms with Crippen LogP contribution in [0.5, 0.6) is 5.75 Å². The number of benzene rings is 2. The monoisotopic (exact) mass is 469 g/mol. The van der Waals surface area contributed by atoms with Gasteiger partial charge in [0.2, 0.25) is 0 Å². The molecule has 3 aromatic rings. The van der Waals surface area contributed by atoms with E-state index < -0.39 is 37.6 Å². The zero-order valence-corrected chi connectivity index (χ0v) is 18.6. The Hall–Kier alpha value is -4.06. The van der Waals surface area contributed by atoms with Crippen molar-refractivity contribution in [3.63, 3.8) is 0 Å².